The molecule has 42 heavy (non-hydrogen) atoms. The maximum Gasteiger partial charge on any atom is 0.410 e. The monoisotopic (exact) mass is 573 g/mol. The lowest BCUT2D eigenvalue weighted by Crippen LogP contribution is -2.47. The lowest BCUT2D eigenvalue weighted by Gasteiger charge is -2.38. The molecule has 3 aliphatic rings. The van der Waals surface area contributed by atoms with Crippen molar-refractivity contribution >= 4 is 17.0 Å². The van der Waals surface area contributed by atoms with Crippen LogP contribution in [0.2, 0.25) is 0 Å². The molecule has 2 aromatic carbocycles. The molecule has 1 amide bonds. The van der Waals surface area contributed by atoms with E-state index in [9.17, 15) is 9.59 Å². The van der Waals surface area contributed by atoms with Crippen LogP contribution in [0.25, 0.3) is 10.9 Å². The van der Waals surface area contributed by atoms with Crippen LogP contribution < -0.4 is 15.0 Å². The zero-order chi connectivity index (χ0) is 29.4. The van der Waals surface area contributed by atoms with Crippen LogP contribution in [0.5, 0.6) is 11.5 Å². The van der Waals surface area contributed by atoms with Gasteiger partial charge in [-0.05, 0) is 94.2 Å². The SMILES string of the molecule is Cc1cc(=O)n(CCN2CCC(OC(=O)N(Cc3ccc4c(c3)OCCO4)C(C)(C)C)CC2)c2cc(C3CC3)ccc12. The topological polar surface area (TPSA) is 73.2 Å². The predicted octanol–water partition coefficient (Wildman–Crippen LogP) is 5.86. The molecule has 8 nitrogen and oxygen atoms in total. The fourth-order valence-corrected chi connectivity index (χ4v) is 6.11. The van der Waals surface area contributed by atoms with Crippen LogP contribution in [-0.4, -0.2) is 65.0 Å². The van der Waals surface area contributed by atoms with Crippen LogP contribution in [0.3, 0.4) is 0 Å². The van der Waals surface area contributed by atoms with Gasteiger partial charge in [-0.2, -0.15) is 0 Å². The second-order valence-electron chi connectivity index (χ2n) is 13.0. The van der Waals surface area contributed by atoms with E-state index < -0.39 is 5.54 Å². The second-order valence-corrected chi connectivity index (χ2v) is 13.0. The van der Waals surface area contributed by atoms with Gasteiger partial charge in [-0.1, -0.05) is 18.2 Å². The number of hydrogen-bond donors (Lipinski definition) is 0. The van der Waals surface area contributed by atoms with E-state index in [0.717, 1.165) is 66.0 Å². The van der Waals surface area contributed by atoms with Crippen LogP contribution in [-0.2, 0) is 17.8 Å². The molecule has 8 heteroatoms. The fourth-order valence-electron chi connectivity index (χ4n) is 6.11. The van der Waals surface area contributed by atoms with Gasteiger partial charge in [-0.3, -0.25) is 9.69 Å². The molecule has 0 atom stereocenters. The number of rotatable bonds is 7. The molecule has 0 N–H and O–H groups in total. The van der Waals surface area contributed by atoms with Crippen LogP contribution in [0, 0.1) is 6.92 Å². The van der Waals surface area contributed by atoms with Gasteiger partial charge in [-0.25, -0.2) is 4.79 Å². The number of benzene rings is 2. The Hall–Kier alpha value is -3.52. The number of piperidine rings is 1. The zero-order valence-electron chi connectivity index (χ0n) is 25.4. The first-order valence-corrected chi connectivity index (χ1v) is 15.4. The molecule has 1 saturated carbocycles. The van der Waals surface area contributed by atoms with Crippen molar-refractivity contribution in [3.8, 4) is 11.5 Å². The van der Waals surface area contributed by atoms with E-state index in [-0.39, 0.29) is 17.8 Å². The lowest BCUT2D eigenvalue weighted by molar-refractivity contribution is 0.00901. The molecule has 3 aromatic rings. The first-order valence-electron chi connectivity index (χ1n) is 15.4. The average Bonchev–Trinajstić information content (AvgIpc) is 3.81. The van der Waals surface area contributed by atoms with Gasteiger partial charge in [0.2, 0.25) is 0 Å². The zero-order valence-corrected chi connectivity index (χ0v) is 25.4. The molecular formula is C34H43N3O5. The van der Waals surface area contributed by atoms with Gasteiger partial charge in [0.05, 0.1) is 5.52 Å². The maximum atomic E-state index is 13.4. The number of aryl methyl sites for hydroxylation is 1. The number of hydrogen-bond acceptors (Lipinski definition) is 6. The third-order valence-corrected chi connectivity index (χ3v) is 8.81. The van der Waals surface area contributed by atoms with E-state index in [1.165, 1.54) is 18.4 Å². The number of carbonyl (C=O) groups is 1. The maximum absolute atomic E-state index is 13.4. The molecule has 1 aromatic heterocycles. The van der Waals surface area contributed by atoms with Gasteiger partial charge in [-0.15, -0.1) is 0 Å². The summed E-state index contributed by atoms with van der Waals surface area (Å²) in [6.45, 7) is 12.7. The Morgan fingerprint density at radius 3 is 2.40 bits per heavy atom. The Morgan fingerprint density at radius 1 is 0.952 bits per heavy atom. The third kappa shape index (κ3) is 6.28. The molecule has 0 unspecified atom stereocenters. The molecule has 1 saturated heterocycles. The molecule has 2 aliphatic heterocycles. The van der Waals surface area contributed by atoms with E-state index in [0.29, 0.717) is 32.2 Å². The minimum atomic E-state index is -0.408. The van der Waals surface area contributed by atoms with Crippen LogP contribution in [0.15, 0.2) is 47.3 Å². The summed E-state index contributed by atoms with van der Waals surface area (Å²) in [5.74, 6) is 2.11. The van der Waals surface area contributed by atoms with Gasteiger partial charge in [0.1, 0.15) is 19.3 Å². The standard InChI is InChI=1S/C34H43N3O5/c1-23-19-32(38)36(29-21-26(25-6-7-25)8-9-28(23)29)16-15-35-13-11-27(12-14-35)42-33(39)37(34(2,3)4)22-24-5-10-30-31(20-24)41-18-17-40-30/h5,8-10,19-21,25,27H,6-7,11-18,22H2,1-4H3. The number of ether oxygens (including phenoxy) is 3. The predicted molar refractivity (Wildman–Crippen MR) is 164 cm³/mol. The van der Waals surface area contributed by atoms with Gasteiger partial charge >= 0.3 is 6.09 Å². The van der Waals surface area contributed by atoms with Gasteiger partial charge in [0, 0.05) is 49.7 Å². The van der Waals surface area contributed by atoms with Gasteiger partial charge in [0.15, 0.2) is 11.5 Å². The summed E-state index contributed by atoms with van der Waals surface area (Å²) in [6.07, 6.45) is 3.63. The van der Waals surface area contributed by atoms with E-state index in [1.54, 1.807) is 11.0 Å². The van der Waals surface area contributed by atoms with Crippen molar-refractivity contribution in [2.24, 2.45) is 0 Å². The third-order valence-electron chi connectivity index (χ3n) is 8.81. The van der Waals surface area contributed by atoms with Crippen LogP contribution >= 0.6 is 0 Å². The molecule has 6 rings (SSSR count). The summed E-state index contributed by atoms with van der Waals surface area (Å²) in [5, 5.41) is 1.16. The minimum absolute atomic E-state index is 0.0667. The smallest absolute Gasteiger partial charge is 0.410 e. The number of aromatic nitrogens is 1. The summed E-state index contributed by atoms with van der Waals surface area (Å²) in [5.41, 5.74) is 4.07. The summed E-state index contributed by atoms with van der Waals surface area (Å²) in [4.78, 5) is 30.6. The highest BCUT2D eigenvalue weighted by atomic mass is 16.6. The van der Waals surface area contributed by atoms with E-state index in [2.05, 4.69) is 23.1 Å². The molecule has 224 valence electrons. The molecule has 3 heterocycles. The van der Waals surface area contributed by atoms with Gasteiger partial charge < -0.3 is 23.7 Å². The molecule has 2 fully saturated rings. The number of carbonyl (C=O) groups excluding carboxylic acids is 1. The number of likely N-dealkylation sites (tertiary alicyclic amines) is 1. The fraction of sp³-hybridized carbons (Fsp3) is 0.529. The second kappa shape index (κ2) is 11.6. The Morgan fingerprint density at radius 2 is 1.69 bits per heavy atom. The van der Waals surface area contributed by atoms with E-state index in [4.69, 9.17) is 14.2 Å². The van der Waals surface area contributed by atoms with Gasteiger partial charge in [0.25, 0.3) is 5.56 Å². The van der Waals surface area contributed by atoms with Crippen molar-refractivity contribution in [2.45, 2.75) is 84.0 Å². The molecular weight excluding hydrogens is 530 g/mol. The van der Waals surface area contributed by atoms with E-state index in [1.807, 2.05) is 50.5 Å². The number of amides is 1. The quantitative estimate of drug-likeness (QED) is 0.353. The number of nitrogens with zero attached hydrogens (tertiary/aromatic N) is 3. The van der Waals surface area contributed by atoms with Crippen molar-refractivity contribution in [1.82, 2.24) is 14.4 Å². The summed E-state index contributed by atoms with van der Waals surface area (Å²) in [6, 6.07) is 14.2. The van der Waals surface area contributed by atoms with E-state index >= 15 is 0 Å². The highest BCUT2D eigenvalue weighted by Crippen LogP contribution is 2.41. The van der Waals surface area contributed by atoms with Crippen molar-refractivity contribution < 1.29 is 19.0 Å². The van der Waals surface area contributed by atoms with Crippen molar-refractivity contribution in [3.63, 3.8) is 0 Å². The Kier molecular flexibility index (Phi) is 7.92. The molecule has 0 bridgehead atoms. The number of pyridine rings is 1. The molecule has 0 spiro atoms. The number of fused-ring (bicyclic) bond motifs is 2. The normalized spacial score (nSPS) is 17.8. The first kappa shape index (κ1) is 28.6. The van der Waals surface area contributed by atoms with Crippen molar-refractivity contribution in [3.05, 3.63) is 69.5 Å². The highest BCUT2D eigenvalue weighted by molar-refractivity contribution is 5.83. The summed E-state index contributed by atoms with van der Waals surface area (Å²) >= 11 is 0. The minimum Gasteiger partial charge on any atom is -0.486 e. The molecule has 0 radical (unpaired) electrons. The summed E-state index contributed by atoms with van der Waals surface area (Å²) in [7, 11) is 0. The lowest BCUT2D eigenvalue weighted by atomic mass is 10.0. The average molecular weight is 574 g/mol. The largest absolute Gasteiger partial charge is 0.486 e. The van der Waals surface area contributed by atoms with Crippen LogP contribution in [0.4, 0.5) is 4.79 Å². The van der Waals surface area contributed by atoms with Crippen molar-refractivity contribution in [1.29, 1.82) is 0 Å². The van der Waals surface area contributed by atoms with Crippen molar-refractivity contribution in [2.75, 3.05) is 32.8 Å². The Labute approximate surface area is 248 Å². The highest BCUT2D eigenvalue weighted by Gasteiger charge is 2.31. The summed E-state index contributed by atoms with van der Waals surface area (Å²) < 4.78 is 19.4. The first-order chi connectivity index (χ1) is 20.2. The Balaban J connectivity index is 1.05. The van der Waals surface area contributed by atoms with Crippen LogP contribution in [0.1, 0.15) is 69.1 Å². The molecule has 1 aliphatic carbocycles. The Bertz CT molecular complexity index is 1510.